The van der Waals surface area contributed by atoms with Crippen molar-refractivity contribution in [2.75, 3.05) is 5.32 Å². The number of rotatable bonds is 2. The maximum Gasteiger partial charge on any atom is 0.250 e. The zero-order valence-corrected chi connectivity index (χ0v) is 15.2. The number of fused-ring (bicyclic) bond motifs is 1. The van der Waals surface area contributed by atoms with E-state index >= 15 is 0 Å². The van der Waals surface area contributed by atoms with Gasteiger partial charge in [-0.05, 0) is 29.6 Å². The summed E-state index contributed by atoms with van der Waals surface area (Å²) < 4.78 is -0.875. The van der Waals surface area contributed by atoms with Gasteiger partial charge in [0, 0.05) is 5.02 Å². The number of benzene rings is 1. The van der Waals surface area contributed by atoms with Gasteiger partial charge in [-0.15, -0.1) is 11.3 Å². The predicted molar refractivity (Wildman–Crippen MR) is 96.4 cm³/mol. The van der Waals surface area contributed by atoms with Crippen LogP contribution in [0.4, 0.5) is 11.5 Å². The van der Waals surface area contributed by atoms with E-state index in [0.29, 0.717) is 27.1 Å². The second kappa shape index (κ2) is 6.19. The zero-order chi connectivity index (χ0) is 15.9. The van der Waals surface area contributed by atoms with Gasteiger partial charge in [0.1, 0.15) is 0 Å². The second-order valence-electron chi connectivity index (χ2n) is 4.28. The molecule has 0 saturated heterocycles. The molecule has 0 aliphatic heterocycles. The van der Waals surface area contributed by atoms with Gasteiger partial charge >= 0.3 is 0 Å². The average Bonchev–Trinajstić information content (AvgIpc) is 2.89. The average molecular weight is 414 g/mol. The minimum Gasteiger partial charge on any atom is -0.338 e. The first-order valence-corrected chi connectivity index (χ1v) is 8.66. The van der Waals surface area contributed by atoms with Gasteiger partial charge in [0.2, 0.25) is 3.79 Å². The molecule has 2 aromatic heterocycles. The third kappa shape index (κ3) is 3.37. The Balaban J connectivity index is 2.11. The van der Waals surface area contributed by atoms with Gasteiger partial charge in [-0.2, -0.15) is 0 Å². The minimum absolute atomic E-state index is 0.0935. The summed E-state index contributed by atoms with van der Waals surface area (Å²) in [5, 5.41) is 6.03. The molecule has 0 atom stereocenters. The highest BCUT2D eigenvalue weighted by Crippen LogP contribution is 2.39. The highest BCUT2D eigenvalue weighted by molar-refractivity contribution is 7.17. The summed E-state index contributed by atoms with van der Waals surface area (Å²) in [7, 11) is 0. The zero-order valence-electron chi connectivity index (χ0n) is 10.6. The molecular formula is C13H6Cl5N3S. The number of thiophene rings is 1. The summed E-state index contributed by atoms with van der Waals surface area (Å²) in [6, 6.07) is 6.93. The van der Waals surface area contributed by atoms with E-state index in [4.69, 9.17) is 58.0 Å². The SMILES string of the molecule is Clc1ccc(Nc2nc(C(Cl)(Cl)Cl)nc3ccsc23)c(Cl)c1. The molecule has 9 heteroatoms. The molecule has 114 valence electrons. The fraction of sp³-hybridized carbons (Fsp3) is 0.0769. The van der Waals surface area contributed by atoms with E-state index in [1.54, 1.807) is 18.2 Å². The monoisotopic (exact) mass is 411 g/mol. The van der Waals surface area contributed by atoms with Crippen LogP contribution in [0, 0.1) is 0 Å². The molecule has 0 aliphatic carbocycles. The molecule has 1 aromatic carbocycles. The molecule has 0 spiro atoms. The molecule has 0 bridgehead atoms. The van der Waals surface area contributed by atoms with Crippen molar-refractivity contribution in [2.24, 2.45) is 0 Å². The summed E-state index contributed by atoms with van der Waals surface area (Å²) in [5.41, 5.74) is 1.34. The van der Waals surface area contributed by atoms with Crippen molar-refractivity contribution in [2.45, 2.75) is 3.79 Å². The van der Waals surface area contributed by atoms with Gasteiger partial charge in [-0.25, -0.2) is 9.97 Å². The molecule has 0 amide bonds. The van der Waals surface area contributed by atoms with Gasteiger partial charge in [0.15, 0.2) is 11.6 Å². The lowest BCUT2D eigenvalue weighted by Crippen LogP contribution is -2.09. The van der Waals surface area contributed by atoms with E-state index in [9.17, 15) is 0 Å². The molecule has 3 aromatic rings. The second-order valence-corrected chi connectivity index (χ2v) is 8.32. The fourth-order valence-corrected chi connectivity index (χ4v) is 3.28. The lowest BCUT2D eigenvalue weighted by molar-refractivity contribution is 1.00. The minimum atomic E-state index is -1.71. The normalized spacial score (nSPS) is 11.9. The molecule has 0 fully saturated rings. The van der Waals surface area contributed by atoms with Crippen molar-refractivity contribution in [1.29, 1.82) is 0 Å². The summed E-state index contributed by atoms with van der Waals surface area (Å²) >= 11 is 31.2. The molecule has 0 unspecified atom stereocenters. The summed E-state index contributed by atoms with van der Waals surface area (Å²) in [4.78, 5) is 8.56. The van der Waals surface area contributed by atoms with Crippen LogP contribution >= 0.6 is 69.3 Å². The van der Waals surface area contributed by atoms with Gasteiger partial charge in [0.25, 0.3) is 0 Å². The molecule has 0 saturated carbocycles. The van der Waals surface area contributed by atoms with Crippen LogP contribution in [-0.4, -0.2) is 9.97 Å². The summed E-state index contributed by atoms with van der Waals surface area (Å²) in [6.45, 7) is 0. The summed E-state index contributed by atoms with van der Waals surface area (Å²) in [5.74, 6) is 0.613. The molecule has 22 heavy (non-hydrogen) atoms. The van der Waals surface area contributed by atoms with Gasteiger partial charge < -0.3 is 5.32 Å². The predicted octanol–water partition coefficient (Wildman–Crippen LogP) is 6.57. The van der Waals surface area contributed by atoms with E-state index in [1.165, 1.54) is 11.3 Å². The van der Waals surface area contributed by atoms with Crippen LogP contribution in [0.15, 0.2) is 29.6 Å². The van der Waals surface area contributed by atoms with Crippen molar-refractivity contribution in [3.8, 4) is 0 Å². The van der Waals surface area contributed by atoms with Crippen molar-refractivity contribution in [3.63, 3.8) is 0 Å². The molecule has 1 N–H and O–H groups in total. The Morgan fingerprint density at radius 3 is 2.50 bits per heavy atom. The van der Waals surface area contributed by atoms with Crippen LogP contribution in [0.3, 0.4) is 0 Å². The molecule has 2 heterocycles. The van der Waals surface area contributed by atoms with Crippen molar-refractivity contribution in [1.82, 2.24) is 9.97 Å². The number of nitrogens with zero attached hydrogens (tertiary/aromatic N) is 2. The lowest BCUT2D eigenvalue weighted by Gasteiger charge is -2.13. The number of halogens is 5. The van der Waals surface area contributed by atoms with E-state index in [1.807, 2.05) is 11.4 Å². The molecular weight excluding hydrogens is 407 g/mol. The van der Waals surface area contributed by atoms with Crippen LogP contribution in [0.25, 0.3) is 10.2 Å². The van der Waals surface area contributed by atoms with Crippen LogP contribution in [0.1, 0.15) is 5.82 Å². The van der Waals surface area contributed by atoms with Crippen molar-refractivity contribution < 1.29 is 0 Å². The Morgan fingerprint density at radius 1 is 1.05 bits per heavy atom. The van der Waals surface area contributed by atoms with Crippen molar-refractivity contribution in [3.05, 3.63) is 45.5 Å². The number of hydrogen-bond donors (Lipinski definition) is 1. The van der Waals surface area contributed by atoms with Crippen LogP contribution in [-0.2, 0) is 3.79 Å². The molecule has 3 rings (SSSR count). The maximum atomic E-state index is 6.17. The summed E-state index contributed by atoms with van der Waals surface area (Å²) in [6.07, 6.45) is 0. The standard InChI is InChI=1S/C13H6Cl5N3S/c14-6-1-2-8(7(15)5-6)19-11-10-9(3-4-22-10)20-12(21-11)13(16,17)18/h1-5H,(H,19,20,21). The molecule has 0 aliphatic rings. The number of hydrogen-bond acceptors (Lipinski definition) is 4. The molecule has 0 radical (unpaired) electrons. The third-order valence-corrected chi connectivity index (χ3v) is 4.71. The van der Waals surface area contributed by atoms with E-state index < -0.39 is 3.79 Å². The Kier molecular flexibility index (Phi) is 4.61. The first-order valence-electron chi connectivity index (χ1n) is 5.89. The van der Waals surface area contributed by atoms with E-state index in [2.05, 4.69) is 15.3 Å². The quantitative estimate of drug-likeness (QED) is 0.483. The topological polar surface area (TPSA) is 37.8 Å². The highest BCUT2D eigenvalue weighted by Gasteiger charge is 2.28. The van der Waals surface area contributed by atoms with Crippen LogP contribution in [0.5, 0.6) is 0 Å². The lowest BCUT2D eigenvalue weighted by atomic mass is 10.3. The largest absolute Gasteiger partial charge is 0.338 e. The number of alkyl halides is 3. The number of anilines is 2. The van der Waals surface area contributed by atoms with Crippen LogP contribution < -0.4 is 5.32 Å². The first-order chi connectivity index (χ1) is 10.3. The Bertz CT molecular complexity index is 843. The first kappa shape index (κ1) is 16.4. The third-order valence-electron chi connectivity index (χ3n) is 2.74. The van der Waals surface area contributed by atoms with E-state index in [0.717, 1.165) is 4.70 Å². The van der Waals surface area contributed by atoms with Crippen molar-refractivity contribution >= 4 is 91.1 Å². The Hall–Kier alpha value is -0.490. The fourth-order valence-electron chi connectivity index (χ4n) is 1.79. The highest BCUT2D eigenvalue weighted by atomic mass is 35.6. The Morgan fingerprint density at radius 2 is 1.82 bits per heavy atom. The number of nitrogens with one attached hydrogen (secondary N) is 1. The molecule has 3 nitrogen and oxygen atoms in total. The van der Waals surface area contributed by atoms with Gasteiger partial charge in [-0.3, -0.25) is 0 Å². The van der Waals surface area contributed by atoms with Gasteiger partial charge in [-0.1, -0.05) is 58.0 Å². The van der Waals surface area contributed by atoms with Gasteiger partial charge in [0.05, 0.1) is 20.9 Å². The smallest absolute Gasteiger partial charge is 0.250 e. The Labute approximate surface area is 155 Å². The van der Waals surface area contributed by atoms with E-state index in [-0.39, 0.29) is 5.82 Å². The van der Waals surface area contributed by atoms with Crippen LogP contribution in [0.2, 0.25) is 10.0 Å². The maximum absolute atomic E-state index is 6.17. The number of aromatic nitrogens is 2.